The largest absolute Gasteiger partial charge is 0.370 e. The van der Waals surface area contributed by atoms with Crippen molar-refractivity contribution in [2.75, 3.05) is 59.0 Å². The van der Waals surface area contributed by atoms with Gasteiger partial charge >= 0.3 is 0 Å². The van der Waals surface area contributed by atoms with Crippen molar-refractivity contribution in [3.63, 3.8) is 0 Å². The number of amides is 2. The maximum atomic E-state index is 12.9. The molecule has 2 aliphatic rings. The molecule has 2 aliphatic heterocycles. The van der Waals surface area contributed by atoms with Crippen LogP contribution in [0.2, 0.25) is 0 Å². The predicted octanol–water partition coefficient (Wildman–Crippen LogP) is -0.455. The Morgan fingerprint density at radius 3 is 2.57 bits per heavy atom. The highest BCUT2D eigenvalue weighted by atomic mass is 16.5. The van der Waals surface area contributed by atoms with Crippen molar-refractivity contribution >= 4 is 11.8 Å². The van der Waals surface area contributed by atoms with E-state index in [9.17, 15) is 9.59 Å². The Morgan fingerprint density at radius 1 is 1.14 bits per heavy atom. The third-order valence-electron chi connectivity index (χ3n) is 5.50. The molecular weight excluding hydrogens is 358 g/mol. The molecule has 1 aromatic rings. The minimum Gasteiger partial charge on any atom is -0.370 e. The maximum Gasteiger partial charge on any atom is 0.274 e. The summed E-state index contributed by atoms with van der Waals surface area (Å²) in [6, 6.07) is 0. The number of morpholine rings is 1. The van der Waals surface area contributed by atoms with E-state index in [0.29, 0.717) is 25.2 Å². The standard InChI is InChI=1S/C20H31N5O3/c1-17-15-22-18(16-21-17)20(27)25(9-4-6-23-11-13-28-14-12-23)10-5-19(26)24-7-2-3-8-24/h15-16H,2-14H2,1H3/p+1. The lowest BCUT2D eigenvalue weighted by Crippen LogP contribution is -3.14. The number of quaternary nitrogens is 1. The average molecular weight is 391 g/mol. The predicted molar refractivity (Wildman–Crippen MR) is 104 cm³/mol. The van der Waals surface area contributed by atoms with E-state index in [0.717, 1.165) is 70.9 Å². The molecule has 0 unspecified atom stereocenters. The van der Waals surface area contributed by atoms with Gasteiger partial charge in [0.25, 0.3) is 5.91 Å². The monoisotopic (exact) mass is 390 g/mol. The second kappa shape index (κ2) is 10.5. The normalized spacial score (nSPS) is 17.7. The number of nitrogens with zero attached hydrogens (tertiary/aromatic N) is 4. The first kappa shape index (κ1) is 20.7. The molecule has 1 N–H and O–H groups in total. The molecular formula is C20H32N5O3+. The van der Waals surface area contributed by atoms with Crippen LogP contribution in [0.5, 0.6) is 0 Å². The van der Waals surface area contributed by atoms with Gasteiger partial charge in [-0.25, -0.2) is 4.98 Å². The van der Waals surface area contributed by atoms with E-state index in [2.05, 4.69) is 9.97 Å². The van der Waals surface area contributed by atoms with Crippen LogP contribution in [0.15, 0.2) is 12.4 Å². The molecule has 8 nitrogen and oxygen atoms in total. The summed E-state index contributed by atoms with van der Waals surface area (Å²) in [7, 11) is 0. The van der Waals surface area contributed by atoms with Gasteiger partial charge in [-0.05, 0) is 19.8 Å². The number of hydrogen-bond donors (Lipinski definition) is 1. The van der Waals surface area contributed by atoms with Crippen molar-refractivity contribution in [2.24, 2.45) is 0 Å². The van der Waals surface area contributed by atoms with Gasteiger partial charge in [0, 0.05) is 45.2 Å². The zero-order chi connectivity index (χ0) is 19.8. The molecule has 1 aromatic heterocycles. The summed E-state index contributed by atoms with van der Waals surface area (Å²) in [5.74, 6) is 0.00259. The van der Waals surface area contributed by atoms with Gasteiger partial charge in [0.2, 0.25) is 5.91 Å². The molecule has 0 aromatic carbocycles. The first-order valence-corrected chi connectivity index (χ1v) is 10.4. The Labute approximate surface area is 166 Å². The summed E-state index contributed by atoms with van der Waals surface area (Å²) in [4.78, 5) is 39.0. The van der Waals surface area contributed by atoms with E-state index in [1.165, 1.54) is 11.1 Å². The lowest BCUT2D eigenvalue weighted by Gasteiger charge is -2.26. The number of hydrogen-bond acceptors (Lipinski definition) is 5. The summed E-state index contributed by atoms with van der Waals surface area (Å²) in [5.41, 5.74) is 1.13. The van der Waals surface area contributed by atoms with E-state index in [1.807, 2.05) is 11.8 Å². The van der Waals surface area contributed by atoms with Crippen LogP contribution in [0.4, 0.5) is 0 Å². The van der Waals surface area contributed by atoms with Crippen molar-refractivity contribution in [3.05, 3.63) is 23.8 Å². The number of nitrogens with one attached hydrogen (secondary N) is 1. The van der Waals surface area contributed by atoms with E-state index >= 15 is 0 Å². The molecule has 0 atom stereocenters. The Bertz CT molecular complexity index is 640. The van der Waals surface area contributed by atoms with Gasteiger partial charge in [-0.3, -0.25) is 14.6 Å². The molecule has 0 aliphatic carbocycles. The smallest absolute Gasteiger partial charge is 0.274 e. The fourth-order valence-electron chi connectivity index (χ4n) is 3.77. The number of rotatable bonds is 8. The summed E-state index contributed by atoms with van der Waals surface area (Å²) in [5, 5.41) is 0. The summed E-state index contributed by atoms with van der Waals surface area (Å²) in [6.07, 6.45) is 6.57. The van der Waals surface area contributed by atoms with Crippen LogP contribution >= 0.6 is 0 Å². The second-order valence-electron chi connectivity index (χ2n) is 7.64. The summed E-state index contributed by atoms with van der Waals surface area (Å²) >= 11 is 0. The molecule has 0 bridgehead atoms. The number of carbonyl (C=O) groups excluding carboxylic acids is 2. The Morgan fingerprint density at radius 2 is 1.89 bits per heavy atom. The quantitative estimate of drug-likeness (QED) is 0.650. The molecule has 2 amide bonds. The van der Waals surface area contributed by atoms with Crippen LogP contribution in [0.3, 0.4) is 0 Å². The van der Waals surface area contributed by atoms with Gasteiger partial charge in [-0.2, -0.15) is 0 Å². The molecule has 2 fully saturated rings. The first-order chi connectivity index (χ1) is 13.6. The van der Waals surface area contributed by atoms with Crippen LogP contribution in [-0.2, 0) is 9.53 Å². The van der Waals surface area contributed by atoms with Crippen LogP contribution in [0.25, 0.3) is 0 Å². The number of carbonyl (C=O) groups is 2. The molecule has 2 saturated heterocycles. The molecule has 3 rings (SSSR count). The minimum absolute atomic E-state index is 0.140. The van der Waals surface area contributed by atoms with Crippen LogP contribution < -0.4 is 4.90 Å². The Kier molecular flexibility index (Phi) is 7.73. The Balaban J connectivity index is 1.56. The van der Waals surface area contributed by atoms with Crippen molar-refractivity contribution < 1.29 is 19.2 Å². The SMILES string of the molecule is Cc1cnc(C(=O)N(CCC[NH+]2CCOCC2)CCC(=O)N2CCCC2)cn1. The van der Waals surface area contributed by atoms with Gasteiger partial charge < -0.3 is 19.4 Å². The molecule has 28 heavy (non-hydrogen) atoms. The van der Waals surface area contributed by atoms with Gasteiger partial charge in [-0.1, -0.05) is 0 Å². The number of ether oxygens (including phenoxy) is 1. The van der Waals surface area contributed by atoms with Crippen molar-refractivity contribution in [1.82, 2.24) is 19.8 Å². The van der Waals surface area contributed by atoms with E-state index in [-0.39, 0.29) is 11.8 Å². The van der Waals surface area contributed by atoms with Crippen molar-refractivity contribution in [2.45, 2.75) is 32.6 Å². The van der Waals surface area contributed by atoms with Gasteiger partial charge in [0.05, 0.1) is 31.6 Å². The number of likely N-dealkylation sites (tertiary alicyclic amines) is 1. The zero-order valence-electron chi connectivity index (χ0n) is 16.9. The Hall–Kier alpha value is -2.06. The van der Waals surface area contributed by atoms with Gasteiger partial charge in [0.15, 0.2) is 0 Å². The highest BCUT2D eigenvalue weighted by molar-refractivity contribution is 5.92. The van der Waals surface area contributed by atoms with Gasteiger partial charge in [-0.15, -0.1) is 0 Å². The third kappa shape index (κ3) is 5.97. The molecule has 8 heteroatoms. The van der Waals surface area contributed by atoms with E-state index in [4.69, 9.17) is 4.74 Å². The molecule has 0 spiro atoms. The van der Waals surface area contributed by atoms with E-state index in [1.54, 1.807) is 11.1 Å². The van der Waals surface area contributed by atoms with Crippen LogP contribution in [0, 0.1) is 6.92 Å². The van der Waals surface area contributed by atoms with Crippen molar-refractivity contribution in [3.8, 4) is 0 Å². The lowest BCUT2D eigenvalue weighted by atomic mass is 10.2. The zero-order valence-corrected chi connectivity index (χ0v) is 16.9. The average Bonchev–Trinajstić information content (AvgIpc) is 3.26. The van der Waals surface area contributed by atoms with Crippen molar-refractivity contribution in [1.29, 1.82) is 0 Å². The fourth-order valence-corrected chi connectivity index (χ4v) is 3.77. The fraction of sp³-hybridized carbons (Fsp3) is 0.700. The highest BCUT2D eigenvalue weighted by Crippen LogP contribution is 2.10. The highest BCUT2D eigenvalue weighted by Gasteiger charge is 2.23. The molecule has 154 valence electrons. The lowest BCUT2D eigenvalue weighted by molar-refractivity contribution is -0.908. The second-order valence-corrected chi connectivity index (χ2v) is 7.64. The topological polar surface area (TPSA) is 80.1 Å². The number of aromatic nitrogens is 2. The maximum absolute atomic E-state index is 12.9. The molecule has 3 heterocycles. The van der Waals surface area contributed by atoms with Crippen LogP contribution in [0.1, 0.15) is 41.9 Å². The summed E-state index contributed by atoms with van der Waals surface area (Å²) in [6.45, 7) is 9.26. The third-order valence-corrected chi connectivity index (χ3v) is 5.50. The minimum atomic E-state index is -0.140. The van der Waals surface area contributed by atoms with Gasteiger partial charge in [0.1, 0.15) is 18.8 Å². The van der Waals surface area contributed by atoms with Crippen LogP contribution in [-0.4, -0.2) is 90.6 Å². The molecule has 0 saturated carbocycles. The summed E-state index contributed by atoms with van der Waals surface area (Å²) < 4.78 is 5.40. The number of aryl methyl sites for hydroxylation is 1. The first-order valence-electron chi connectivity index (χ1n) is 10.4. The molecule has 0 radical (unpaired) electrons. The van der Waals surface area contributed by atoms with E-state index < -0.39 is 0 Å².